The van der Waals surface area contributed by atoms with E-state index in [1.165, 1.54) is 18.4 Å². The Kier molecular flexibility index (Phi) is 6.48. The molecule has 0 saturated heterocycles. The molecule has 0 radical (unpaired) electrons. The largest absolute Gasteiger partial charge is 0.504 e. The van der Waals surface area contributed by atoms with E-state index in [1.807, 2.05) is 6.07 Å². The summed E-state index contributed by atoms with van der Waals surface area (Å²) in [4.78, 5) is 0. The summed E-state index contributed by atoms with van der Waals surface area (Å²) in [5, 5.41) is 10.00. The number of aromatic hydroxyl groups is 1. The molecule has 0 fully saturated rings. The average molecular weight is 262 g/mol. The van der Waals surface area contributed by atoms with E-state index in [1.54, 1.807) is 6.07 Å². The summed E-state index contributed by atoms with van der Waals surface area (Å²) in [5.41, 5.74) is 2.33. The van der Waals surface area contributed by atoms with Gasteiger partial charge in [0.15, 0.2) is 11.5 Å². The molecule has 2 nitrogen and oxygen atoms in total. The molecule has 0 aliphatic heterocycles. The molecule has 0 heterocycles. The minimum absolute atomic E-state index is 0.214. The van der Waals surface area contributed by atoms with Crippen LogP contribution in [0.1, 0.15) is 57.6 Å². The Morgan fingerprint density at radius 2 is 1.89 bits per heavy atom. The molecule has 0 bridgehead atoms. The van der Waals surface area contributed by atoms with Crippen molar-refractivity contribution >= 4 is 0 Å². The van der Waals surface area contributed by atoms with Crippen molar-refractivity contribution in [1.82, 2.24) is 0 Å². The number of unbranched alkanes of at least 4 members (excludes halogenated alkanes) is 2. The first kappa shape index (κ1) is 15.6. The van der Waals surface area contributed by atoms with E-state index in [-0.39, 0.29) is 5.75 Å². The molecule has 19 heavy (non-hydrogen) atoms. The molecule has 1 N–H and O–H groups in total. The molecule has 0 aromatic heterocycles. The van der Waals surface area contributed by atoms with Gasteiger partial charge < -0.3 is 9.84 Å². The van der Waals surface area contributed by atoms with Crippen LogP contribution < -0.4 is 4.74 Å². The van der Waals surface area contributed by atoms with Crippen molar-refractivity contribution in [2.75, 3.05) is 0 Å². The Morgan fingerprint density at radius 3 is 2.47 bits per heavy atom. The third-order valence-corrected chi connectivity index (χ3v) is 3.38. The summed E-state index contributed by atoms with van der Waals surface area (Å²) in [5.74, 6) is 1.56. The average Bonchev–Trinajstić information content (AvgIpc) is 2.41. The fourth-order valence-electron chi connectivity index (χ4n) is 2.26. The van der Waals surface area contributed by atoms with E-state index in [9.17, 15) is 5.11 Å². The van der Waals surface area contributed by atoms with Crippen molar-refractivity contribution in [3.63, 3.8) is 0 Å². The first-order valence-corrected chi connectivity index (χ1v) is 7.33. The zero-order chi connectivity index (χ0) is 14.3. The summed E-state index contributed by atoms with van der Waals surface area (Å²) in [7, 11) is 0. The van der Waals surface area contributed by atoms with E-state index in [4.69, 9.17) is 4.74 Å². The summed E-state index contributed by atoms with van der Waals surface area (Å²) < 4.78 is 5.81. The molecule has 1 rings (SSSR count). The van der Waals surface area contributed by atoms with Crippen LogP contribution in [-0.2, 0) is 12.8 Å². The van der Waals surface area contributed by atoms with Crippen LogP contribution >= 0.6 is 0 Å². The van der Waals surface area contributed by atoms with E-state index in [0.29, 0.717) is 5.75 Å². The Morgan fingerprint density at radius 1 is 1.16 bits per heavy atom. The predicted molar refractivity (Wildman–Crippen MR) is 80.8 cm³/mol. The van der Waals surface area contributed by atoms with Crippen molar-refractivity contribution in [3.05, 3.63) is 35.6 Å². The number of benzene rings is 1. The van der Waals surface area contributed by atoms with Gasteiger partial charge in [0.05, 0.1) is 5.76 Å². The number of rotatable bonds is 8. The minimum Gasteiger partial charge on any atom is -0.504 e. The molecule has 106 valence electrons. The lowest BCUT2D eigenvalue weighted by Gasteiger charge is -2.16. The van der Waals surface area contributed by atoms with Gasteiger partial charge in [0.25, 0.3) is 0 Å². The van der Waals surface area contributed by atoms with Crippen molar-refractivity contribution in [2.24, 2.45) is 0 Å². The fraction of sp³-hybridized carbons (Fsp3) is 0.529. The van der Waals surface area contributed by atoms with Gasteiger partial charge >= 0.3 is 0 Å². The third kappa shape index (κ3) is 4.30. The maximum absolute atomic E-state index is 10.00. The Bertz CT molecular complexity index is 422. The van der Waals surface area contributed by atoms with Gasteiger partial charge in [-0.3, -0.25) is 0 Å². The molecule has 0 atom stereocenters. The maximum atomic E-state index is 10.00. The van der Waals surface area contributed by atoms with Crippen LogP contribution in [-0.4, -0.2) is 5.11 Å². The Balaban J connectivity index is 2.84. The molecule has 1 aromatic carbocycles. The van der Waals surface area contributed by atoms with Crippen LogP contribution in [0.2, 0.25) is 0 Å². The lowest BCUT2D eigenvalue weighted by Crippen LogP contribution is -2.01. The first-order chi connectivity index (χ1) is 9.13. The van der Waals surface area contributed by atoms with Crippen molar-refractivity contribution in [3.8, 4) is 11.5 Å². The van der Waals surface area contributed by atoms with Gasteiger partial charge in [-0.1, -0.05) is 46.3 Å². The number of hydrogen-bond acceptors (Lipinski definition) is 2. The van der Waals surface area contributed by atoms with Crippen molar-refractivity contribution in [1.29, 1.82) is 0 Å². The Hall–Kier alpha value is -1.44. The highest BCUT2D eigenvalue weighted by Gasteiger charge is 2.13. The number of phenols is 1. The van der Waals surface area contributed by atoms with Crippen LogP contribution in [0.15, 0.2) is 24.5 Å². The standard InChI is InChI=1S/C17H26O2/c1-5-8-9-10-13(4)19-17-15(7-3)14(6-2)11-12-16(17)18/h11-12,18H,4-10H2,1-3H3. The monoisotopic (exact) mass is 262 g/mol. The number of aryl methyl sites for hydroxylation is 1. The topological polar surface area (TPSA) is 29.5 Å². The zero-order valence-electron chi connectivity index (χ0n) is 12.5. The van der Waals surface area contributed by atoms with Gasteiger partial charge in [-0.15, -0.1) is 0 Å². The summed E-state index contributed by atoms with van der Waals surface area (Å²) in [6.07, 6.45) is 6.11. The molecule has 0 saturated carbocycles. The van der Waals surface area contributed by atoms with E-state index in [0.717, 1.165) is 37.0 Å². The van der Waals surface area contributed by atoms with Gasteiger partial charge in [0.1, 0.15) is 0 Å². The second kappa shape index (κ2) is 7.88. The van der Waals surface area contributed by atoms with E-state index >= 15 is 0 Å². The van der Waals surface area contributed by atoms with Gasteiger partial charge in [0.2, 0.25) is 0 Å². The maximum Gasteiger partial charge on any atom is 0.171 e. The molecule has 0 amide bonds. The highest BCUT2D eigenvalue weighted by atomic mass is 16.5. The third-order valence-electron chi connectivity index (χ3n) is 3.38. The second-order valence-corrected chi connectivity index (χ2v) is 4.86. The molecular formula is C17H26O2. The molecule has 0 spiro atoms. The fourth-order valence-corrected chi connectivity index (χ4v) is 2.26. The molecule has 0 aliphatic carbocycles. The number of hydrogen-bond donors (Lipinski definition) is 1. The normalized spacial score (nSPS) is 10.5. The summed E-state index contributed by atoms with van der Waals surface area (Å²) in [6, 6.07) is 3.69. The lowest BCUT2D eigenvalue weighted by molar-refractivity contribution is 0.361. The minimum atomic E-state index is 0.214. The smallest absolute Gasteiger partial charge is 0.171 e. The van der Waals surface area contributed by atoms with Crippen LogP contribution in [0.25, 0.3) is 0 Å². The summed E-state index contributed by atoms with van der Waals surface area (Å²) >= 11 is 0. The van der Waals surface area contributed by atoms with E-state index in [2.05, 4.69) is 27.4 Å². The highest BCUT2D eigenvalue weighted by molar-refractivity contribution is 5.50. The molecule has 0 unspecified atom stereocenters. The lowest BCUT2D eigenvalue weighted by atomic mass is 10.0. The number of allylic oxidation sites excluding steroid dienone is 1. The van der Waals surface area contributed by atoms with Crippen LogP contribution in [0, 0.1) is 0 Å². The van der Waals surface area contributed by atoms with E-state index < -0.39 is 0 Å². The SMILES string of the molecule is C=C(CCCCC)Oc1c(O)ccc(CC)c1CC. The molecule has 1 aromatic rings. The number of phenolic OH excluding ortho intramolecular Hbond substituents is 1. The van der Waals surface area contributed by atoms with Crippen molar-refractivity contribution in [2.45, 2.75) is 59.3 Å². The molecular weight excluding hydrogens is 236 g/mol. The second-order valence-electron chi connectivity index (χ2n) is 4.86. The zero-order valence-corrected chi connectivity index (χ0v) is 12.5. The molecule has 0 aliphatic rings. The van der Waals surface area contributed by atoms with Crippen molar-refractivity contribution < 1.29 is 9.84 Å². The van der Waals surface area contributed by atoms with Gasteiger partial charge in [-0.2, -0.15) is 0 Å². The predicted octanol–water partition coefficient (Wildman–Crippen LogP) is 4.99. The first-order valence-electron chi connectivity index (χ1n) is 7.33. The Labute approximate surface area is 117 Å². The van der Waals surface area contributed by atoms with Gasteiger partial charge in [0, 0.05) is 12.0 Å². The van der Waals surface area contributed by atoms with Gasteiger partial charge in [-0.05, 0) is 30.9 Å². The van der Waals surface area contributed by atoms with Crippen LogP contribution in [0.4, 0.5) is 0 Å². The van der Waals surface area contributed by atoms with Crippen LogP contribution in [0.5, 0.6) is 11.5 Å². The quantitative estimate of drug-likeness (QED) is 0.528. The highest BCUT2D eigenvalue weighted by Crippen LogP contribution is 2.35. The summed E-state index contributed by atoms with van der Waals surface area (Å²) in [6.45, 7) is 10.3. The van der Waals surface area contributed by atoms with Crippen LogP contribution in [0.3, 0.4) is 0 Å². The number of ether oxygens (including phenoxy) is 1. The molecule has 2 heteroatoms. The van der Waals surface area contributed by atoms with Gasteiger partial charge in [-0.25, -0.2) is 0 Å².